The van der Waals surface area contributed by atoms with E-state index in [0.717, 1.165) is 12.2 Å². The lowest BCUT2D eigenvalue weighted by Gasteiger charge is -2.06. The van der Waals surface area contributed by atoms with Crippen LogP contribution in [-0.2, 0) is 4.74 Å². The number of epoxide rings is 1. The Morgan fingerprint density at radius 1 is 1.50 bits per heavy atom. The summed E-state index contributed by atoms with van der Waals surface area (Å²) in [5.74, 6) is 1.17. The van der Waals surface area contributed by atoms with Gasteiger partial charge in [0.1, 0.15) is 12.4 Å². The van der Waals surface area contributed by atoms with Crippen LogP contribution in [0.5, 0.6) is 5.88 Å². The molecule has 7 nitrogen and oxygen atoms in total. The highest BCUT2D eigenvalue weighted by atomic mass is 16.6. The fourth-order valence-electron chi connectivity index (χ4n) is 1.47. The second kappa shape index (κ2) is 3.53. The summed E-state index contributed by atoms with van der Waals surface area (Å²) in [4.78, 5) is 4.31. The van der Waals surface area contributed by atoms with Crippen LogP contribution in [0.25, 0.3) is 5.82 Å². The first-order chi connectivity index (χ1) is 7.88. The normalized spacial score (nSPS) is 18.4. The van der Waals surface area contributed by atoms with Gasteiger partial charge >= 0.3 is 0 Å². The van der Waals surface area contributed by atoms with Gasteiger partial charge in [-0.1, -0.05) is 0 Å². The quantitative estimate of drug-likeness (QED) is 0.683. The summed E-state index contributed by atoms with van der Waals surface area (Å²) < 4.78 is 11.9. The van der Waals surface area contributed by atoms with E-state index in [1.54, 1.807) is 7.11 Å². The van der Waals surface area contributed by atoms with Gasteiger partial charge in [0.05, 0.1) is 13.7 Å². The second-order valence-corrected chi connectivity index (χ2v) is 3.34. The van der Waals surface area contributed by atoms with Crippen molar-refractivity contribution in [3.63, 3.8) is 0 Å². The highest BCUT2D eigenvalue weighted by molar-refractivity contribution is 5.36. The maximum absolute atomic E-state index is 5.21. The Hall–Kier alpha value is -2.02. The lowest BCUT2D eigenvalue weighted by molar-refractivity contribution is 0.371. The minimum Gasteiger partial charge on any atom is -0.481 e. The maximum Gasteiger partial charge on any atom is 0.221 e. The van der Waals surface area contributed by atoms with Crippen molar-refractivity contribution >= 4 is 0 Å². The lowest BCUT2D eigenvalue weighted by Crippen LogP contribution is -2.02. The Morgan fingerprint density at radius 2 is 2.38 bits per heavy atom. The van der Waals surface area contributed by atoms with E-state index in [2.05, 4.69) is 20.5 Å². The summed E-state index contributed by atoms with van der Waals surface area (Å²) in [6.07, 6.45) is 1.60. The van der Waals surface area contributed by atoms with E-state index in [9.17, 15) is 0 Å². The van der Waals surface area contributed by atoms with Crippen molar-refractivity contribution in [1.29, 1.82) is 0 Å². The average Bonchev–Trinajstić information content (AvgIpc) is 3.03. The topological polar surface area (TPSA) is 78.2 Å². The van der Waals surface area contributed by atoms with Crippen LogP contribution >= 0.6 is 0 Å². The molecule has 1 aliphatic rings. The number of aromatic nitrogens is 5. The highest BCUT2D eigenvalue weighted by Crippen LogP contribution is 2.35. The van der Waals surface area contributed by atoms with E-state index in [0.29, 0.717) is 11.7 Å². The van der Waals surface area contributed by atoms with Crippen LogP contribution in [0.4, 0.5) is 0 Å². The number of ether oxygens (including phenoxy) is 2. The zero-order valence-electron chi connectivity index (χ0n) is 8.57. The molecule has 2 aromatic heterocycles. The van der Waals surface area contributed by atoms with Crippen molar-refractivity contribution in [2.45, 2.75) is 6.10 Å². The zero-order chi connectivity index (χ0) is 11.0. The van der Waals surface area contributed by atoms with Gasteiger partial charge in [-0.25, -0.2) is 0 Å². The summed E-state index contributed by atoms with van der Waals surface area (Å²) in [5.41, 5.74) is 0.958. The largest absolute Gasteiger partial charge is 0.481 e. The Morgan fingerprint density at radius 3 is 3.00 bits per heavy atom. The smallest absolute Gasteiger partial charge is 0.221 e. The van der Waals surface area contributed by atoms with E-state index in [4.69, 9.17) is 9.47 Å². The number of nitrogens with zero attached hydrogens (tertiary/aromatic N) is 5. The van der Waals surface area contributed by atoms with Crippen LogP contribution in [0, 0.1) is 0 Å². The molecule has 1 saturated heterocycles. The summed E-state index contributed by atoms with van der Waals surface area (Å²) >= 11 is 0. The minimum absolute atomic E-state index is 0.116. The van der Waals surface area contributed by atoms with Crippen molar-refractivity contribution in [3.8, 4) is 11.7 Å². The fraction of sp³-hybridized carbons (Fsp3) is 0.333. The Balaban J connectivity index is 2.02. The molecule has 0 amide bonds. The first-order valence-electron chi connectivity index (χ1n) is 4.78. The SMILES string of the molecule is COc1nc(-n2cnnn2)ccc1[C@@H]1CO1. The number of rotatable bonds is 3. The maximum atomic E-state index is 5.21. The lowest BCUT2D eigenvalue weighted by atomic mass is 10.2. The van der Waals surface area contributed by atoms with Gasteiger partial charge in [0, 0.05) is 5.56 Å². The van der Waals surface area contributed by atoms with Crippen molar-refractivity contribution < 1.29 is 9.47 Å². The van der Waals surface area contributed by atoms with Crippen LogP contribution in [0.3, 0.4) is 0 Å². The van der Waals surface area contributed by atoms with Crippen molar-refractivity contribution in [3.05, 3.63) is 24.0 Å². The summed E-state index contributed by atoms with van der Waals surface area (Å²) in [5, 5.41) is 10.9. The van der Waals surface area contributed by atoms with Crippen molar-refractivity contribution in [1.82, 2.24) is 25.2 Å². The third-order valence-corrected chi connectivity index (χ3v) is 2.33. The number of pyridine rings is 1. The molecule has 0 N–H and O–H groups in total. The fourth-order valence-corrected chi connectivity index (χ4v) is 1.47. The molecule has 82 valence electrons. The molecular formula is C9H9N5O2. The summed E-state index contributed by atoms with van der Waals surface area (Å²) in [6, 6.07) is 3.75. The molecule has 1 atom stereocenters. The third kappa shape index (κ3) is 1.50. The van der Waals surface area contributed by atoms with Gasteiger partial charge in [-0.3, -0.25) is 0 Å². The van der Waals surface area contributed by atoms with Gasteiger partial charge < -0.3 is 9.47 Å². The highest BCUT2D eigenvalue weighted by Gasteiger charge is 2.29. The van der Waals surface area contributed by atoms with Gasteiger partial charge in [0.2, 0.25) is 5.88 Å². The van der Waals surface area contributed by atoms with E-state index >= 15 is 0 Å². The third-order valence-electron chi connectivity index (χ3n) is 2.33. The molecule has 3 heterocycles. The molecule has 1 fully saturated rings. The predicted octanol–water partition coefficient (Wildman–Crippen LogP) is 0.137. The molecule has 0 bridgehead atoms. The number of hydrogen-bond donors (Lipinski definition) is 0. The van der Waals surface area contributed by atoms with Crippen LogP contribution in [-0.4, -0.2) is 38.9 Å². The van der Waals surface area contributed by atoms with Crippen LogP contribution < -0.4 is 4.74 Å². The molecule has 0 aromatic carbocycles. The summed E-state index contributed by atoms with van der Waals surface area (Å²) in [7, 11) is 1.58. The minimum atomic E-state index is 0.116. The monoisotopic (exact) mass is 219 g/mol. The molecule has 7 heteroatoms. The standard InChI is InChI=1S/C9H9N5O2/c1-15-9-6(7-4-16-7)2-3-8(11-9)14-5-10-12-13-14/h2-3,5,7H,4H2,1H3/t7-/m0/s1. The van der Waals surface area contributed by atoms with Crippen LogP contribution in [0.1, 0.15) is 11.7 Å². The molecular weight excluding hydrogens is 210 g/mol. The molecule has 0 aliphatic carbocycles. The molecule has 1 aliphatic heterocycles. The number of methoxy groups -OCH3 is 1. The first-order valence-corrected chi connectivity index (χ1v) is 4.78. The Bertz CT molecular complexity index is 495. The van der Waals surface area contributed by atoms with Crippen LogP contribution in [0.15, 0.2) is 18.5 Å². The summed E-state index contributed by atoms with van der Waals surface area (Å²) in [6.45, 7) is 0.724. The predicted molar refractivity (Wildman–Crippen MR) is 52.2 cm³/mol. The molecule has 0 spiro atoms. The van der Waals surface area contributed by atoms with E-state index in [1.165, 1.54) is 11.0 Å². The van der Waals surface area contributed by atoms with Gasteiger partial charge in [-0.2, -0.15) is 9.67 Å². The van der Waals surface area contributed by atoms with E-state index in [-0.39, 0.29) is 6.10 Å². The van der Waals surface area contributed by atoms with Gasteiger partial charge in [-0.05, 0) is 22.6 Å². The van der Waals surface area contributed by atoms with Gasteiger partial charge in [0.25, 0.3) is 0 Å². The molecule has 0 radical (unpaired) electrons. The molecule has 3 rings (SSSR count). The van der Waals surface area contributed by atoms with Crippen molar-refractivity contribution in [2.75, 3.05) is 13.7 Å². The van der Waals surface area contributed by atoms with E-state index < -0.39 is 0 Å². The first kappa shape index (κ1) is 9.22. The number of tetrazole rings is 1. The molecule has 2 aromatic rings. The Kier molecular flexibility index (Phi) is 2.03. The molecule has 0 unspecified atom stereocenters. The molecule has 0 saturated carbocycles. The second-order valence-electron chi connectivity index (χ2n) is 3.34. The molecule has 16 heavy (non-hydrogen) atoms. The number of hydrogen-bond acceptors (Lipinski definition) is 6. The van der Waals surface area contributed by atoms with Crippen molar-refractivity contribution in [2.24, 2.45) is 0 Å². The zero-order valence-corrected chi connectivity index (χ0v) is 8.57. The van der Waals surface area contributed by atoms with Gasteiger partial charge in [0.15, 0.2) is 5.82 Å². The van der Waals surface area contributed by atoms with Gasteiger partial charge in [-0.15, -0.1) is 5.10 Å². The Labute approximate surface area is 91.0 Å². The van der Waals surface area contributed by atoms with E-state index in [1.807, 2.05) is 12.1 Å². The van der Waals surface area contributed by atoms with Crippen LogP contribution in [0.2, 0.25) is 0 Å². The average molecular weight is 219 g/mol.